The molecule has 0 spiro atoms. The third-order valence-electron chi connectivity index (χ3n) is 6.71. The van der Waals surface area contributed by atoms with Gasteiger partial charge in [0.1, 0.15) is 6.33 Å². The molecule has 44 heavy (non-hydrogen) atoms. The van der Waals surface area contributed by atoms with Crippen LogP contribution in [0.3, 0.4) is 0 Å². The lowest BCUT2D eigenvalue weighted by atomic mass is 9.99. The normalized spacial score (nSPS) is 14.5. The fourth-order valence-electron chi connectivity index (χ4n) is 4.53. The number of nitrogens with zero attached hydrogens (tertiary/aromatic N) is 6. The zero-order valence-corrected chi connectivity index (χ0v) is 24.8. The molecule has 5 rings (SSSR count). The third-order valence-corrected chi connectivity index (χ3v) is 7.64. The minimum atomic E-state index is -4.52. The number of rotatable bonds is 6. The quantitative estimate of drug-likeness (QED) is 0.239. The molecule has 0 radical (unpaired) electrons. The lowest BCUT2D eigenvalue weighted by Crippen LogP contribution is -2.31. The summed E-state index contributed by atoms with van der Waals surface area (Å²) >= 11 is 1.15. The van der Waals surface area contributed by atoms with Crippen LogP contribution in [0.2, 0.25) is 0 Å². The maximum absolute atomic E-state index is 13.0. The Morgan fingerprint density at radius 2 is 1.84 bits per heavy atom. The average Bonchev–Trinajstić information content (AvgIpc) is 3.59. The number of thioether (sulfide) groups is 1. The van der Waals surface area contributed by atoms with Gasteiger partial charge in [0.25, 0.3) is 0 Å². The van der Waals surface area contributed by atoms with Gasteiger partial charge in [0.15, 0.2) is 22.6 Å². The van der Waals surface area contributed by atoms with Gasteiger partial charge in [-0.3, -0.25) is 14.5 Å². The lowest BCUT2D eigenvalue weighted by Gasteiger charge is -2.22. The number of carbonyl (C=O) groups is 3. The fourth-order valence-corrected chi connectivity index (χ4v) is 5.38. The number of pyridine rings is 1. The maximum Gasteiger partial charge on any atom is 0.417 e. The van der Waals surface area contributed by atoms with Crippen molar-refractivity contribution in [2.24, 2.45) is 4.99 Å². The number of carbonyl (C=O) groups excluding carboxylic acids is 3. The number of amidine groups is 1. The van der Waals surface area contributed by atoms with Crippen molar-refractivity contribution in [2.45, 2.75) is 39.8 Å². The standard InChI is InChI=1S/C30H26F3N7O3S/c1-16(2)21-8-5-17(3)11-24(21)40-26(42)14-44-29(40)37-28(43)36-23-9-6-19(12-22(23)18(4)41)27-35-15-39(38-27)25-10-7-20(13-34-25)30(31,32)33/h5-13,15-16H,14H2,1-4H3,(H,36,43). The largest absolute Gasteiger partial charge is 0.417 e. The van der Waals surface area contributed by atoms with Gasteiger partial charge in [-0.25, -0.2) is 19.4 Å². The van der Waals surface area contributed by atoms with E-state index in [1.807, 2.05) is 39.0 Å². The van der Waals surface area contributed by atoms with Crippen molar-refractivity contribution in [1.82, 2.24) is 19.7 Å². The van der Waals surface area contributed by atoms with Crippen LogP contribution in [0.5, 0.6) is 0 Å². The van der Waals surface area contributed by atoms with E-state index >= 15 is 0 Å². The van der Waals surface area contributed by atoms with Crippen molar-refractivity contribution in [2.75, 3.05) is 16.0 Å². The van der Waals surface area contributed by atoms with Crippen molar-refractivity contribution < 1.29 is 27.6 Å². The first kappa shape index (κ1) is 30.6. The molecule has 3 heterocycles. The highest BCUT2D eigenvalue weighted by Gasteiger charge is 2.33. The molecule has 0 atom stereocenters. The molecule has 0 aliphatic carbocycles. The lowest BCUT2D eigenvalue weighted by molar-refractivity contribution is -0.137. The number of hydrogen-bond acceptors (Lipinski definition) is 7. The zero-order chi connectivity index (χ0) is 31.8. The number of benzene rings is 2. The van der Waals surface area contributed by atoms with E-state index in [4.69, 9.17) is 0 Å². The highest BCUT2D eigenvalue weighted by atomic mass is 32.2. The molecule has 10 nitrogen and oxygen atoms in total. The molecule has 1 aliphatic heterocycles. The van der Waals surface area contributed by atoms with Crippen molar-refractivity contribution in [3.05, 3.63) is 83.3 Å². The van der Waals surface area contributed by atoms with E-state index in [9.17, 15) is 27.6 Å². The number of halogens is 3. The van der Waals surface area contributed by atoms with Crippen LogP contribution >= 0.6 is 11.8 Å². The molecule has 0 saturated carbocycles. The number of aliphatic imine (C=N–C) groups is 1. The SMILES string of the molecule is CC(=O)c1cc(-c2ncn(-c3ccc(C(F)(F)F)cn3)n2)ccc1NC(=O)N=C1SCC(=O)N1c1cc(C)ccc1C(C)C. The molecule has 1 N–H and O–H groups in total. The molecule has 4 aromatic rings. The average molecular weight is 622 g/mol. The van der Waals surface area contributed by atoms with Crippen LogP contribution in [0.4, 0.5) is 29.3 Å². The number of urea groups is 1. The number of ketones is 1. The minimum Gasteiger partial charge on any atom is -0.305 e. The summed E-state index contributed by atoms with van der Waals surface area (Å²) in [5.74, 6) is 0.0149. The van der Waals surface area contributed by atoms with Gasteiger partial charge in [0, 0.05) is 17.3 Å². The van der Waals surface area contributed by atoms with E-state index in [1.165, 1.54) is 41.0 Å². The van der Waals surface area contributed by atoms with Gasteiger partial charge >= 0.3 is 12.2 Å². The van der Waals surface area contributed by atoms with Crippen LogP contribution in [-0.2, 0) is 11.0 Å². The number of aromatic nitrogens is 4. The van der Waals surface area contributed by atoms with Gasteiger partial charge in [-0.2, -0.15) is 18.2 Å². The smallest absolute Gasteiger partial charge is 0.305 e. The van der Waals surface area contributed by atoms with E-state index in [-0.39, 0.29) is 51.4 Å². The van der Waals surface area contributed by atoms with Gasteiger partial charge in [-0.1, -0.05) is 37.7 Å². The molecule has 0 bridgehead atoms. The molecular weight excluding hydrogens is 595 g/mol. The Balaban J connectivity index is 1.39. The highest BCUT2D eigenvalue weighted by molar-refractivity contribution is 8.15. The van der Waals surface area contributed by atoms with Crippen molar-refractivity contribution in [3.8, 4) is 17.2 Å². The van der Waals surface area contributed by atoms with Crippen LogP contribution in [0.25, 0.3) is 17.2 Å². The molecule has 2 aromatic carbocycles. The maximum atomic E-state index is 13.0. The topological polar surface area (TPSA) is 122 Å². The molecule has 0 unspecified atom stereocenters. The zero-order valence-electron chi connectivity index (χ0n) is 24.0. The summed E-state index contributed by atoms with van der Waals surface area (Å²) in [6.45, 7) is 7.29. The molecule has 2 aromatic heterocycles. The van der Waals surface area contributed by atoms with Crippen LogP contribution < -0.4 is 10.2 Å². The predicted octanol–water partition coefficient (Wildman–Crippen LogP) is 6.65. The van der Waals surface area contributed by atoms with Crippen molar-refractivity contribution in [1.29, 1.82) is 0 Å². The monoisotopic (exact) mass is 621 g/mol. The number of aryl methyl sites for hydroxylation is 1. The van der Waals surface area contributed by atoms with Crippen LogP contribution in [0.15, 0.2) is 66.0 Å². The molecule has 1 fully saturated rings. The number of alkyl halides is 3. The van der Waals surface area contributed by atoms with Gasteiger partial charge in [0.05, 0.1) is 22.7 Å². The van der Waals surface area contributed by atoms with E-state index in [1.54, 1.807) is 6.07 Å². The number of amides is 3. The minimum absolute atomic E-state index is 0.120. The second-order valence-electron chi connectivity index (χ2n) is 10.3. The molecular formula is C30H26F3N7O3S. The van der Waals surface area contributed by atoms with E-state index in [0.29, 0.717) is 17.4 Å². The van der Waals surface area contributed by atoms with E-state index in [0.717, 1.165) is 29.0 Å². The van der Waals surface area contributed by atoms with Crippen molar-refractivity contribution >= 4 is 46.0 Å². The Labute approximate surface area is 254 Å². The van der Waals surface area contributed by atoms with Gasteiger partial charge in [-0.05, 0) is 67.3 Å². The summed E-state index contributed by atoms with van der Waals surface area (Å²) < 4.78 is 39.8. The Morgan fingerprint density at radius 1 is 1.07 bits per heavy atom. The second kappa shape index (κ2) is 12.0. The second-order valence-corrected chi connectivity index (χ2v) is 11.2. The first-order valence-electron chi connectivity index (χ1n) is 13.4. The summed E-state index contributed by atoms with van der Waals surface area (Å²) in [7, 11) is 0. The van der Waals surface area contributed by atoms with Gasteiger partial charge in [0.2, 0.25) is 5.91 Å². The summed E-state index contributed by atoms with van der Waals surface area (Å²) in [5.41, 5.74) is 2.46. The number of nitrogens with one attached hydrogen (secondary N) is 1. The van der Waals surface area contributed by atoms with Crippen molar-refractivity contribution in [3.63, 3.8) is 0 Å². The first-order valence-corrected chi connectivity index (χ1v) is 14.4. The van der Waals surface area contributed by atoms with Crippen LogP contribution in [0, 0.1) is 6.92 Å². The summed E-state index contributed by atoms with van der Waals surface area (Å²) in [4.78, 5) is 52.1. The number of Topliss-reactive ketones (excluding diaryl/α,β-unsaturated/α-hetero) is 1. The third kappa shape index (κ3) is 6.39. The predicted molar refractivity (Wildman–Crippen MR) is 161 cm³/mol. The summed E-state index contributed by atoms with van der Waals surface area (Å²) in [6.07, 6.45) is -2.53. The number of anilines is 2. The Hall–Kier alpha value is -4.85. The van der Waals surface area contributed by atoms with Gasteiger partial charge < -0.3 is 5.32 Å². The Kier molecular flexibility index (Phi) is 8.37. The molecule has 1 aliphatic rings. The molecule has 1 saturated heterocycles. The van der Waals surface area contributed by atoms with E-state index < -0.39 is 17.8 Å². The van der Waals surface area contributed by atoms with Gasteiger partial charge in [-0.15, -0.1) is 5.10 Å². The fraction of sp³-hybridized carbons (Fsp3) is 0.233. The summed E-state index contributed by atoms with van der Waals surface area (Å²) in [6, 6.07) is 11.7. The molecule has 14 heteroatoms. The number of hydrogen-bond donors (Lipinski definition) is 1. The highest BCUT2D eigenvalue weighted by Crippen LogP contribution is 2.34. The summed E-state index contributed by atoms with van der Waals surface area (Å²) in [5, 5.41) is 7.14. The first-order chi connectivity index (χ1) is 20.8. The molecule has 3 amide bonds. The van der Waals surface area contributed by atoms with Crippen LogP contribution in [-0.4, -0.2) is 48.4 Å². The van der Waals surface area contributed by atoms with Crippen LogP contribution in [0.1, 0.15) is 53.7 Å². The van der Waals surface area contributed by atoms with E-state index in [2.05, 4.69) is 25.4 Å². The Morgan fingerprint density at radius 3 is 2.50 bits per heavy atom. The molecule has 226 valence electrons. The Bertz CT molecular complexity index is 1800.